The van der Waals surface area contributed by atoms with Gasteiger partial charge in [0, 0.05) is 18.2 Å². The lowest BCUT2D eigenvalue weighted by Gasteiger charge is -2.22. The number of anilines is 1. The predicted molar refractivity (Wildman–Crippen MR) is 138 cm³/mol. The van der Waals surface area contributed by atoms with Gasteiger partial charge in [-0.3, -0.25) is 14.4 Å². The summed E-state index contributed by atoms with van der Waals surface area (Å²) in [6.45, 7) is 1.71. The molecule has 2 heterocycles. The van der Waals surface area contributed by atoms with E-state index in [4.69, 9.17) is 9.47 Å². The number of benzodiazepines with no additional fused rings is 1. The zero-order chi connectivity index (χ0) is 25.9. The molecule has 3 aromatic carbocycles. The van der Waals surface area contributed by atoms with Gasteiger partial charge >= 0.3 is 0 Å². The lowest BCUT2D eigenvalue weighted by Crippen LogP contribution is -2.52. The van der Waals surface area contributed by atoms with Gasteiger partial charge in [0.05, 0.1) is 17.8 Å². The summed E-state index contributed by atoms with van der Waals surface area (Å²) in [5, 5.41) is 5.40. The topological polar surface area (TPSA) is 109 Å². The van der Waals surface area contributed by atoms with E-state index in [0.717, 1.165) is 16.7 Å². The van der Waals surface area contributed by atoms with Crippen molar-refractivity contribution >= 4 is 29.1 Å². The fourth-order valence-corrected chi connectivity index (χ4v) is 4.30. The smallest absolute Gasteiger partial charge is 0.272 e. The molecule has 9 nitrogen and oxygen atoms in total. The van der Waals surface area contributed by atoms with Crippen LogP contribution in [-0.2, 0) is 20.8 Å². The molecule has 5 rings (SSSR count). The van der Waals surface area contributed by atoms with Gasteiger partial charge in [-0.2, -0.15) is 0 Å². The van der Waals surface area contributed by atoms with Crippen LogP contribution in [-0.4, -0.2) is 49.5 Å². The van der Waals surface area contributed by atoms with E-state index in [0.29, 0.717) is 22.9 Å². The molecule has 2 aliphatic heterocycles. The van der Waals surface area contributed by atoms with E-state index in [-0.39, 0.29) is 25.0 Å². The van der Waals surface area contributed by atoms with Crippen LogP contribution in [0, 0.1) is 0 Å². The lowest BCUT2D eigenvalue weighted by atomic mass is 10.0. The molecule has 37 heavy (non-hydrogen) atoms. The molecule has 0 saturated heterocycles. The Kier molecular flexibility index (Phi) is 6.59. The summed E-state index contributed by atoms with van der Waals surface area (Å²) in [5.74, 6) is -0.0297. The minimum atomic E-state index is -1.16. The summed E-state index contributed by atoms with van der Waals surface area (Å²) in [6, 6.07) is 21.3. The van der Waals surface area contributed by atoms with Crippen molar-refractivity contribution in [3.63, 3.8) is 0 Å². The van der Waals surface area contributed by atoms with E-state index in [9.17, 15) is 14.4 Å². The standard InChI is InChI=1S/C28H26N4O5/c1-17(29-24(33)15-18-12-13-22-23(14-18)37-16-36-22)27(34)31-26-28(35)32(2)21-11-7-6-10-20(21)25(30-26)19-8-4-3-5-9-19/h3-14,17,26H,15-16H2,1-2H3,(H,29,33)(H,31,34)/t17-,26?/m0/s1. The summed E-state index contributed by atoms with van der Waals surface area (Å²) >= 11 is 0. The SMILES string of the molecule is C[C@H](NC(=O)Cc1ccc2c(c1)OCO2)C(=O)NC1N=C(c2ccccc2)c2ccccc2N(C)C1=O. The van der Waals surface area contributed by atoms with Gasteiger partial charge in [-0.05, 0) is 30.7 Å². The molecule has 0 bridgehead atoms. The van der Waals surface area contributed by atoms with E-state index >= 15 is 0 Å². The van der Waals surface area contributed by atoms with Gasteiger partial charge in [0.25, 0.3) is 5.91 Å². The van der Waals surface area contributed by atoms with E-state index in [1.165, 1.54) is 4.90 Å². The van der Waals surface area contributed by atoms with Crippen LogP contribution in [0.1, 0.15) is 23.6 Å². The fourth-order valence-electron chi connectivity index (χ4n) is 4.30. The van der Waals surface area contributed by atoms with Crippen molar-refractivity contribution in [3.05, 3.63) is 89.5 Å². The third kappa shape index (κ3) is 5.02. The molecule has 0 saturated carbocycles. The summed E-state index contributed by atoms with van der Waals surface area (Å²) < 4.78 is 10.6. The van der Waals surface area contributed by atoms with Crippen LogP contribution in [0.5, 0.6) is 11.5 Å². The number of hydrogen-bond acceptors (Lipinski definition) is 6. The lowest BCUT2D eigenvalue weighted by molar-refractivity contribution is -0.130. The number of nitrogens with one attached hydrogen (secondary N) is 2. The van der Waals surface area contributed by atoms with E-state index in [1.54, 1.807) is 32.2 Å². The third-order valence-corrected chi connectivity index (χ3v) is 6.24. The van der Waals surface area contributed by atoms with Crippen molar-refractivity contribution < 1.29 is 23.9 Å². The maximum absolute atomic E-state index is 13.3. The Bertz CT molecular complexity index is 1390. The van der Waals surface area contributed by atoms with Crippen molar-refractivity contribution in [2.24, 2.45) is 4.99 Å². The number of aliphatic imine (C=N–C) groups is 1. The molecule has 2 aliphatic rings. The summed E-state index contributed by atoms with van der Waals surface area (Å²) in [6.07, 6.45) is -1.10. The molecule has 9 heteroatoms. The second-order valence-corrected chi connectivity index (χ2v) is 8.82. The average molecular weight is 499 g/mol. The number of likely N-dealkylation sites (N-methyl/N-ethyl adjacent to an activating group) is 1. The molecule has 3 aromatic rings. The first-order valence-corrected chi connectivity index (χ1v) is 11.9. The van der Waals surface area contributed by atoms with E-state index in [1.807, 2.05) is 54.6 Å². The molecule has 0 aromatic heterocycles. The highest BCUT2D eigenvalue weighted by molar-refractivity contribution is 6.20. The van der Waals surface area contributed by atoms with Gasteiger partial charge < -0.3 is 25.0 Å². The van der Waals surface area contributed by atoms with Crippen LogP contribution in [0.3, 0.4) is 0 Å². The number of carbonyl (C=O) groups is 3. The largest absolute Gasteiger partial charge is 0.454 e. The van der Waals surface area contributed by atoms with Gasteiger partial charge in [-0.1, -0.05) is 54.6 Å². The van der Waals surface area contributed by atoms with Gasteiger partial charge in [0.15, 0.2) is 11.5 Å². The van der Waals surface area contributed by atoms with E-state index in [2.05, 4.69) is 15.6 Å². The maximum Gasteiger partial charge on any atom is 0.272 e. The summed E-state index contributed by atoms with van der Waals surface area (Å²) in [4.78, 5) is 45.1. The Morgan fingerprint density at radius 3 is 2.57 bits per heavy atom. The van der Waals surface area contributed by atoms with Crippen molar-refractivity contribution in [1.29, 1.82) is 0 Å². The maximum atomic E-state index is 13.3. The highest BCUT2D eigenvalue weighted by Crippen LogP contribution is 2.32. The number of carbonyl (C=O) groups excluding carboxylic acids is 3. The monoisotopic (exact) mass is 498 g/mol. The number of nitrogens with zero attached hydrogens (tertiary/aromatic N) is 2. The Morgan fingerprint density at radius 1 is 1.03 bits per heavy atom. The number of para-hydroxylation sites is 1. The number of hydrogen-bond donors (Lipinski definition) is 2. The number of ether oxygens (including phenoxy) is 2. The Balaban J connectivity index is 1.31. The molecule has 0 spiro atoms. The second kappa shape index (κ2) is 10.1. The van der Waals surface area contributed by atoms with Crippen LogP contribution in [0.25, 0.3) is 0 Å². The average Bonchev–Trinajstić information content (AvgIpc) is 3.35. The molecule has 1 unspecified atom stereocenters. The normalized spacial score (nSPS) is 16.8. The molecular formula is C28H26N4O5. The molecule has 0 radical (unpaired) electrons. The van der Waals surface area contributed by atoms with Crippen molar-refractivity contribution in [3.8, 4) is 11.5 Å². The molecule has 188 valence electrons. The first-order valence-electron chi connectivity index (χ1n) is 11.9. The Labute approximate surface area is 214 Å². The second-order valence-electron chi connectivity index (χ2n) is 8.82. The number of benzene rings is 3. The van der Waals surface area contributed by atoms with Crippen LogP contribution in [0.15, 0.2) is 77.8 Å². The third-order valence-electron chi connectivity index (χ3n) is 6.24. The summed E-state index contributed by atoms with van der Waals surface area (Å²) in [7, 11) is 1.65. The molecule has 2 atom stereocenters. The zero-order valence-corrected chi connectivity index (χ0v) is 20.4. The van der Waals surface area contributed by atoms with Gasteiger partial charge in [0.1, 0.15) is 6.04 Å². The number of amides is 3. The van der Waals surface area contributed by atoms with Crippen LogP contribution in [0.2, 0.25) is 0 Å². The highest BCUT2D eigenvalue weighted by atomic mass is 16.7. The first-order chi connectivity index (χ1) is 17.9. The molecule has 2 N–H and O–H groups in total. The van der Waals surface area contributed by atoms with Crippen LogP contribution < -0.4 is 25.0 Å². The minimum absolute atomic E-state index is 0.0605. The predicted octanol–water partition coefficient (Wildman–Crippen LogP) is 2.42. The van der Waals surface area contributed by atoms with Gasteiger partial charge in [-0.25, -0.2) is 4.99 Å². The van der Waals surface area contributed by atoms with Gasteiger partial charge in [0.2, 0.25) is 24.8 Å². The Hall–Kier alpha value is -4.66. The van der Waals surface area contributed by atoms with Crippen molar-refractivity contribution in [2.45, 2.75) is 25.6 Å². The quantitative estimate of drug-likeness (QED) is 0.543. The van der Waals surface area contributed by atoms with Crippen LogP contribution in [0.4, 0.5) is 5.69 Å². The molecule has 0 fully saturated rings. The van der Waals surface area contributed by atoms with E-state index < -0.39 is 18.1 Å². The fraction of sp³-hybridized carbons (Fsp3) is 0.214. The molecular weight excluding hydrogens is 472 g/mol. The van der Waals surface area contributed by atoms with Crippen molar-refractivity contribution in [1.82, 2.24) is 10.6 Å². The molecule has 3 amide bonds. The number of rotatable bonds is 6. The Morgan fingerprint density at radius 2 is 1.76 bits per heavy atom. The minimum Gasteiger partial charge on any atom is -0.454 e. The van der Waals surface area contributed by atoms with Crippen molar-refractivity contribution in [2.75, 3.05) is 18.7 Å². The van der Waals surface area contributed by atoms with Gasteiger partial charge in [-0.15, -0.1) is 0 Å². The highest BCUT2D eigenvalue weighted by Gasteiger charge is 2.32. The molecule has 0 aliphatic carbocycles. The number of fused-ring (bicyclic) bond motifs is 2. The zero-order valence-electron chi connectivity index (χ0n) is 20.4. The summed E-state index contributed by atoms with van der Waals surface area (Å²) in [5.41, 5.74) is 3.62. The first kappa shape index (κ1) is 24.1. The van der Waals surface area contributed by atoms with Crippen LogP contribution >= 0.6 is 0 Å².